The van der Waals surface area contributed by atoms with Crippen LogP contribution in [0.5, 0.6) is 0 Å². The minimum Gasteiger partial charge on any atom is -0.311 e. The Morgan fingerprint density at radius 2 is 1.89 bits per heavy atom. The molecule has 0 spiro atoms. The standard InChI is InChI=1S/C17H28N2/c1-5-15-11-18-16(17(2,3)4)13-19(15)12-14-9-7-6-8-10-14/h6-10,15-16,18H,5,11-13H2,1-4H3. The summed E-state index contributed by atoms with van der Waals surface area (Å²) in [5.74, 6) is 0. The number of hydrogen-bond acceptors (Lipinski definition) is 2. The van der Waals surface area contributed by atoms with Crippen molar-refractivity contribution in [3.05, 3.63) is 35.9 Å². The summed E-state index contributed by atoms with van der Waals surface area (Å²) >= 11 is 0. The molecule has 0 bridgehead atoms. The first-order valence-corrected chi connectivity index (χ1v) is 7.52. The van der Waals surface area contributed by atoms with Gasteiger partial charge in [0.2, 0.25) is 0 Å². The molecule has 2 unspecified atom stereocenters. The highest BCUT2D eigenvalue weighted by molar-refractivity contribution is 5.15. The zero-order chi connectivity index (χ0) is 13.9. The van der Waals surface area contributed by atoms with Crippen LogP contribution >= 0.6 is 0 Å². The van der Waals surface area contributed by atoms with Crippen molar-refractivity contribution in [3.63, 3.8) is 0 Å². The number of rotatable bonds is 3. The summed E-state index contributed by atoms with van der Waals surface area (Å²) in [5.41, 5.74) is 1.75. The van der Waals surface area contributed by atoms with E-state index in [1.54, 1.807) is 0 Å². The molecule has 19 heavy (non-hydrogen) atoms. The lowest BCUT2D eigenvalue weighted by atomic mass is 9.84. The Labute approximate surface area is 118 Å². The van der Waals surface area contributed by atoms with Gasteiger partial charge in [-0.2, -0.15) is 0 Å². The van der Waals surface area contributed by atoms with Gasteiger partial charge in [-0.05, 0) is 17.4 Å². The Hall–Kier alpha value is -0.860. The third-order valence-corrected chi connectivity index (χ3v) is 4.28. The van der Waals surface area contributed by atoms with Crippen molar-refractivity contribution in [3.8, 4) is 0 Å². The monoisotopic (exact) mass is 260 g/mol. The Balaban J connectivity index is 2.06. The van der Waals surface area contributed by atoms with Gasteiger partial charge in [0.15, 0.2) is 0 Å². The SMILES string of the molecule is CCC1CNC(C(C)(C)C)CN1Cc1ccccc1. The van der Waals surface area contributed by atoms with Crippen molar-refractivity contribution in [1.29, 1.82) is 0 Å². The highest BCUT2D eigenvalue weighted by Gasteiger charge is 2.33. The summed E-state index contributed by atoms with van der Waals surface area (Å²) in [5, 5.41) is 3.73. The van der Waals surface area contributed by atoms with Crippen LogP contribution in [0.2, 0.25) is 0 Å². The van der Waals surface area contributed by atoms with E-state index in [1.807, 2.05) is 0 Å². The van der Waals surface area contributed by atoms with Crippen LogP contribution in [0.15, 0.2) is 30.3 Å². The minimum absolute atomic E-state index is 0.327. The molecular formula is C17H28N2. The van der Waals surface area contributed by atoms with Crippen LogP contribution in [0.4, 0.5) is 0 Å². The summed E-state index contributed by atoms with van der Waals surface area (Å²) in [6.45, 7) is 12.6. The lowest BCUT2D eigenvalue weighted by molar-refractivity contribution is 0.0775. The number of nitrogens with zero attached hydrogens (tertiary/aromatic N) is 1. The smallest absolute Gasteiger partial charge is 0.0244 e. The first-order chi connectivity index (χ1) is 9.00. The number of nitrogens with one attached hydrogen (secondary N) is 1. The van der Waals surface area contributed by atoms with Crippen molar-refractivity contribution in [2.24, 2.45) is 5.41 Å². The second-order valence-corrected chi connectivity index (χ2v) is 6.80. The quantitative estimate of drug-likeness (QED) is 0.897. The van der Waals surface area contributed by atoms with Crippen molar-refractivity contribution in [2.75, 3.05) is 13.1 Å². The summed E-state index contributed by atoms with van der Waals surface area (Å²) in [4.78, 5) is 2.65. The van der Waals surface area contributed by atoms with E-state index in [0.29, 0.717) is 17.5 Å². The zero-order valence-electron chi connectivity index (χ0n) is 12.8. The molecule has 0 aliphatic carbocycles. The fourth-order valence-electron chi connectivity index (χ4n) is 2.85. The molecule has 1 heterocycles. The molecule has 1 aromatic rings. The van der Waals surface area contributed by atoms with Gasteiger partial charge in [-0.15, -0.1) is 0 Å². The van der Waals surface area contributed by atoms with Crippen LogP contribution < -0.4 is 5.32 Å². The van der Waals surface area contributed by atoms with E-state index in [2.05, 4.69) is 68.2 Å². The van der Waals surface area contributed by atoms with Gasteiger partial charge >= 0.3 is 0 Å². The van der Waals surface area contributed by atoms with E-state index in [-0.39, 0.29) is 0 Å². The van der Waals surface area contributed by atoms with Gasteiger partial charge < -0.3 is 5.32 Å². The predicted molar refractivity (Wildman–Crippen MR) is 82.2 cm³/mol. The molecule has 106 valence electrons. The van der Waals surface area contributed by atoms with Gasteiger partial charge in [0.1, 0.15) is 0 Å². The van der Waals surface area contributed by atoms with Crippen molar-refractivity contribution >= 4 is 0 Å². The molecule has 1 aliphatic rings. The summed E-state index contributed by atoms with van der Waals surface area (Å²) in [7, 11) is 0. The summed E-state index contributed by atoms with van der Waals surface area (Å²) in [6.07, 6.45) is 1.22. The maximum Gasteiger partial charge on any atom is 0.0244 e. The van der Waals surface area contributed by atoms with Gasteiger partial charge in [0.05, 0.1) is 0 Å². The Bertz CT molecular complexity index is 380. The highest BCUT2D eigenvalue weighted by atomic mass is 15.2. The molecule has 0 saturated carbocycles. The second-order valence-electron chi connectivity index (χ2n) is 6.80. The topological polar surface area (TPSA) is 15.3 Å². The zero-order valence-corrected chi connectivity index (χ0v) is 12.8. The second kappa shape index (κ2) is 6.06. The molecule has 0 amide bonds. The number of piperazine rings is 1. The highest BCUT2D eigenvalue weighted by Crippen LogP contribution is 2.25. The summed E-state index contributed by atoms with van der Waals surface area (Å²) < 4.78 is 0. The fraction of sp³-hybridized carbons (Fsp3) is 0.647. The molecule has 1 aliphatic heterocycles. The van der Waals surface area contributed by atoms with Gasteiger partial charge in [0, 0.05) is 31.7 Å². The average Bonchev–Trinajstić information content (AvgIpc) is 2.39. The van der Waals surface area contributed by atoms with E-state index < -0.39 is 0 Å². The van der Waals surface area contributed by atoms with Crippen LogP contribution in [0.3, 0.4) is 0 Å². The first kappa shape index (κ1) is 14.5. The summed E-state index contributed by atoms with van der Waals surface area (Å²) in [6, 6.07) is 12.1. The van der Waals surface area contributed by atoms with E-state index in [4.69, 9.17) is 0 Å². The van der Waals surface area contributed by atoms with Gasteiger partial charge in [-0.3, -0.25) is 4.90 Å². The van der Waals surface area contributed by atoms with Gasteiger partial charge in [-0.1, -0.05) is 58.0 Å². The van der Waals surface area contributed by atoms with Crippen LogP contribution in [-0.2, 0) is 6.54 Å². The molecular weight excluding hydrogens is 232 g/mol. The molecule has 2 atom stereocenters. The van der Waals surface area contributed by atoms with Crippen LogP contribution in [0.25, 0.3) is 0 Å². The first-order valence-electron chi connectivity index (χ1n) is 7.52. The Morgan fingerprint density at radius 3 is 2.47 bits per heavy atom. The molecule has 2 heteroatoms. The van der Waals surface area contributed by atoms with Gasteiger partial charge in [0.25, 0.3) is 0 Å². The maximum atomic E-state index is 3.73. The molecule has 2 nitrogen and oxygen atoms in total. The number of benzene rings is 1. The molecule has 2 rings (SSSR count). The third-order valence-electron chi connectivity index (χ3n) is 4.28. The van der Waals surface area contributed by atoms with Crippen molar-refractivity contribution in [1.82, 2.24) is 10.2 Å². The van der Waals surface area contributed by atoms with Crippen molar-refractivity contribution in [2.45, 2.75) is 52.7 Å². The predicted octanol–water partition coefficient (Wildman–Crippen LogP) is 3.29. The Kier molecular flexibility index (Phi) is 4.64. The lowest BCUT2D eigenvalue weighted by Gasteiger charge is -2.45. The van der Waals surface area contributed by atoms with Crippen LogP contribution in [-0.4, -0.2) is 30.1 Å². The third kappa shape index (κ3) is 3.80. The van der Waals surface area contributed by atoms with E-state index in [0.717, 1.165) is 19.6 Å². The molecule has 1 saturated heterocycles. The molecule has 1 N–H and O–H groups in total. The lowest BCUT2D eigenvalue weighted by Crippen LogP contribution is -2.59. The van der Waals surface area contributed by atoms with E-state index in [9.17, 15) is 0 Å². The normalized spacial score (nSPS) is 25.5. The largest absolute Gasteiger partial charge is 0.311 e. The molecule has 0 aromatic heterocycles. The molecule has 1 fully saturated rings. The van der Waals surface area contributed by atoms with Crippen molar-refractivity contribution < 1.29 is 0 Å². The van der Waals surface area contributed by atoms with Crippen LogP contribution in [0.1, 0.15) is 39.7 Å². The maximum absolute atomic E-state index is 3.73. The number of hydrogen-bond donors (Lipinski definition) is 1. The molecule has 0 radical (unpaired) electrons. The van der Waals surface area contributed by atoms with E-state index in [1.165, 1.54) is 12.0 Å². The Morgan fingerprint density at radius 1 is 1.21 bits per heavy atom. The average molecular weight is 260 g/mol. The minimum atomic E-state index is 0.327. The molecule has 1 aromatic carbocycles. The van der Waals surface area contributed by atoms with Crippen LogP contribution in [0, 0.1) is 5.41 Å². The van der Waals surface area contributed by atoms with Gasteiger partial charge in [-0.25, -0.2) is 0 Å². The van der Waals surface area contributed by atoms with E-state index >= 15 is 0 Å². The fourth-order valence-corrected chi connectivity index (χ4v) is 2.85.